The molecule has 0 heterocycles. The second-order valence-corrected chi connectivity index (χ2v) is 3.67. The third-order valence-corrected chi connectivity index (χ3v) is 2.46. The van der Waals surface area contributed by atoms with E-state index in [9.17, 15) is 18.0 Å². The third-order valence-electron chi connectivity index (χ3n) is 2.07. The molecule has 0 saturated carbocycles. The predicted molar refractivity (Wildman–Crippen MR) is 57.6 cm³/mol. The van der Waals surface area contributed by atoms with Crippen LogP contribution in [0.4, 0.5) is 13.2 Å². The Labute approximate surface area is 101 Å². The van der Waals surface area contributed by atoms with Crippen molar-refractivity contribution >= 4 is 17.4 Å². The molecule has 0 fully saturated rings. The predicted octanol–water partition coefficient (Wildman–Crippen LogP) is 3.96. The van der Waals surface area contributed by atoms with E-state index < -0.39 is 22.5 Å². The van der Waals surface area contributed by atoms with Crippen molar-refractivity contribution in [3.8, 4) is 5.75 Å². The van der Waals surface area contributed by atoms with E-state index >= 15 is 0 Å². The first-order chi connectivity index (χ1) is 7.79. The second kappa shape index (κ2) is 4.96. The lowest BCUT2D eigenvalue weighted by atomic mass is 10.1. The minimum Gasteiger partial charge on any atom is -0.493 e. The third kappa shape index (κ3) is 2.91. The van der Waals surface area contributed by atoms with Gasteiger partial charge in [-0.15, -0.1) is 0 Å². The van der Waals surface area contributed by atoms with Gasteiger partial charge in [-0.25, -0.2) is 0 Å². The van der Waals surface area contributed by atoms with Gasteiger partial charge in [0.15, 0.2) is 5.78 Å². The van der Waals surface area contributed by atoms with Crippen molar-refractivity contribution in [3.05, 3.63) is 28.3 Å². The summed E-state index contributed by atoms with van der Waals surface area (Å²) in [5.41, 5.74) is -1.27. The van der Waals surface area contributed by atoms with E-state index in [0.29, 0.717) is 0 Å². The standard InChI is InChI=1S/C11H10ClF3O2/c1-3-17-8-5-4-7(6(2)16)10(12)9(8)11(13,14)15/h4-5H,3H2,1-2H3. The maximum Gasteiger partial charge on any atom is 0.421 e. The smallest absolute Gasteiger partial charge is 0.421 e. The maximum atomic E-state index is 12.8. The monoisotopic (exact) mass is 266 g/mol. The van der Waals surface area contributed by atoms with Gasteiger partial charge in [-0.1, -0.05) is 11.6 Å². The Balaban J connectivity index is 3.48. The number of hydrogen-bond acceptors (Lipinski definition) is 2. The first-order valence-electron chi connectivity index (χ1n) is 4.82. The fourth-order valence-corrected chi connectivity index (χ4v) is 1.77. The lowest BCUT2D eigenvalue weighted by molar-refractivity contribution is -0.138. The molecule has 1 aromatic carbocycles. The number of Topliss-reactive ketones (excluding diaryl/α,β-unsaturated/α-hetero) is 1. The molecule has 0 unspecified atom stereocenters. The Hall–Kier alpha value is -1.23. The number of halogens is 4. The Bertz CT molecular complexity index is 441. The number of benzene rings is 1. The number of hydrogen-bond donors (Lipinski definition) is 0. The van der Waals surface area contributed by atoms with Gasteiger partial charge in [0.1, 0.15) is 11.3 Å². The molecule has 17 heavy (non-hydrogen) atoms. The summed E-state index contributed by atoms with van der Waals surface area (Å²) in [6.45, 7) is 2.80. The van der Waals surface area contributed by atoms with E-state index in [0.717, 1.165) is 13.0 Å². The summed E-state index contributed by atoms with van der Waals surface area (Å²) in [4.78, 5) is 11.1. The highest BCUT2D eigenvalue weighted by Gasteiger charge is 2.38. The zero-order valence-corrected chi connectivity index (χ0v) is 9.95. The van der Waals surface area contributed by atoms with Gasteiger partial charge < -0.3 is 4.74 Å². The first kappa shape index (κ1) is 13.8. The van der Waals surface area contributed by atoms with E-state index in [-0.39, 0.29) is 17.9 Å². The summed E-state index contributed by atoms with van der Waals surface area (Å²) < 4.78 is 43.3. The van der Waals surface area contributed by atoms with Crippen LogP contribution in [0.5, 0.6) is 5.75 Å². The molecule has 0 aromatic heterocycles. The van der Waals surface area contributed by atoms with Gasteiger partial charge in [0.2, 0.25) is 0 Å². The van der Waals surface area contributed by atoms with Crippen LogP contribution in [0.25, 0.3) is 0 Å². The van der Waals surface area contributed by atoms with Crippen molar-refractivity contribution in [1.82, 2.24) is 0 Å². The average molecular weight is 267 g/mol. The van der Waals surface area contributed by atoms with Crippen molar-refractivity contribution in [2.75, 3.05) is 6.61 Å². The molecular formula is C11H10ClF3O2. The van der Waals surface area contributed by atoms with Gasteiger partial charge in [0.25, 0.3) is 0 Å². The SMILES string of the molecule is CCOc1ccc(C(C)=O)c(Cl)c1C(F)(F)F. The Kier molecular flexibility index (Phi) is 4.03. The maximum absolute atomic E-state index is 12.8. The molecule has 0 aliphatic rings. The molecule has 0 amide bonds. The molecule has 0 aliphatic heterocycles. The Morgan fingerprint density at radius 3 is 2.41 bits per heavy atom. The zero-order valence-electron chi connectivity index (χ0n) is 9.19. The molecule has 0 atom stereocenters. The van der Waals surface area contributed by atoms with Gasteiger partial charge >= 0.3 is 6.18 Å². The van der Waals surface area contributed by atoms with E-state index in [2.05, 4.69) is 0 Å². The molecule has 0 bridgehead atoms. The van der Waals surface area contributed by atoms with Gasteiger partial charge in [-0.2, -0.15) is 13.2 Å². The largest absolute Gasteiger partial charge is 0.493 e. The number of alkyl halides is 3. The number of rotatable bonds is 3. The fourth-order valence-electron chi connectivity index (χ4n) is 1.37. The lowest BCUT2D eigenvalue weighted by Crippen LogP contribution is -2.12. The van der Waals surface area contributed by atoms with Crippen LogP contribution >= 0.6 is 11.6 Å². The molecule has 1 rings (SSSR count). The van der Waals surface area contributed by atoms with Crippen molar-refractivity contribution < 1.29 is 22.7 Å². The normalized spacial score (nSPS) is 11.4. The molecule has 94 valence electrons. The highest BCUT2D eigenvalue weighted by atomic mass is 35.5. The molecule has 6 heteroatoms. The van der Waals surface area contributed by atoms with Crippen LogP contribution in [0.1, 0.15) is 29.8 Å². The molecule has 0 aliphatic carbocycles. The highest BCUT2D eigenvalue weighted by Crippen LogP contribution is 2.42. The topological polar surface area (TPSA) is 26.3 Å². The number of ether oxygens (including phenoxy) is 1. The molecule has 0 N–H and O–H groups in total. The molecule has 0 spiro atoms. The van der Waals surface area contributed by atoms with Gasteiger partial charge in [0, 0.05) is 5.56 Å². The van der Waals surface area contributed by atoms with E-state index in [4.69, 9.17) is 16.3 Å². The van der Waals surface area contributed by atoms with Crippen LogP contribution in [0.15, 0.2) is 12.1 Å². The summed E-state index contributed by atoms with van der Waals surface area (Å²) in [7, 11) is 0. The molecular weight excluding hydrogens is 257 g/mol. The Morgan fingerprint density at radius 2 is 2.00 bits per heavy atom. The molecule has 0 radical (unpaired) electrons. The molecule has 2 nitrogen and oxygen atoms in total. The average Bonchev–Trinajstić information content (AvgIpc) is 2.15. The van der Waals surface area contributed by atoms with Crippen LogP contribution in [0, 0.1) is 0 Å². The van der Waals surface area contributed by atoms with Gasteiger partial charge in [-0.3, -0.25) is 4.79 Å². The molecule has 0 saturated heterocycles. The summed E-state index contributed by atoms with van der Waals surface area (Å²) in [5, 5.41) is -0.615. The summed E-state index contributed by atoms with van der Waals surface area (Å²) in [5.74, 6) is -0.890. The summed E-state index contributed by atoms with van der Waals surface area (Å²) in [6.07, 6.45) is -4.66. The highest BCUT2D eigenvalue weighted by molar-refractivity contribution is 6.34. The number of ketones is 1. The fraction of sp³-hybridized carbons (Fsp3) is 0.364. The van der Waals surface area contributed by atoms with Crippen molar-refractivity contribution in [1.29, 1.82) is 0 Å². The van der Waals surface area contributed by atoms with Gasteiger partial charge in [-0.05, 0) is 26.0 Å². The minimum atomic E-state index is -4.66. The lowest BCUT2D eigenvalue weighted by Gasteiger charge is -2.16. The van der Waals surface area contributed by atoms with Crippen molar-refractivity contribution in [2.45, 2.75) is 20.0 Å². The van der Waals surface area contributed by atoms with Crippen LogP contribution in [0.2, 0.25) is 5.02 Å². The van der Waals surface area contributed by atoms with Crippen LogP contribution < -0.4 is 4.74 Å². The van der Waals surface area contributed by atoms with E-state index in [1.54, 1.807) is 6.92 Å². The second-order valence-electron chi connectivity index (χ2n) is 3.29. The first-order valence-corrected chi connectivity index (χ1v) is 5.20. The number of carbonyl (C=O) groups excluding carboxylic acids is 1. The van der Waals surface area contributed by atoms with Gasteiger partial charge in [0.05, 0.1) is 11.6 Å². The summed E-state index contributed by atoms with van der Waals surface area (Å²) in [6, 6.07) is 2.33. The zero-order chi connectivity index (χ0) is 13.2. The van der Waals surface area contributed by atoms with Crippen LogP contribution in [-0.4, -0.2) is 12.4 Å². The Morgan fingerprint density at radius 1 is 1.41 bits per heavy atom. The molecule has 1 aromatic rings. The van der Waals surface area contributed by atoms with E-state index in [1.807, 2.05) is 0 Å². The van der Waals surface area contributed by atoms with Crippen LogP contribution in [0.3, 0.4) is 0 Å². The summed E-state index contributed by atoms with van der Waals surface area (Å²) >= 11 is 5.61. The van der Waals surface area contributed by atoms with Crippen molar-refractivity contribution in [3.63, 3.8) is 0 Å². The van der Waals surface area contributed by atoms with E-state index in [1.165, 1.54) is 6.07 Å². The van der Waals surface area contributed by atoms with Crippen LogP contribution in [-0.2, 0) is 6.18 Å². The minimum absolute atomic E-state index is 0.0822. The number of carbonyl (C=O) groups is 1. The van der Waals surface area contributed by atoms with Crippen molar-refractivity contribution in [2.24, 2.45) is 0 Å². The quantitative estimate of drug-likeness (QED) is 0.774.